The molecule has 0 spiro atoms. The van der Waals surface area contributed by atoms with E-state index in [2.05, 4.69) is 15.4 Å². The first-order valence-electron chi connectivity index (χ1n) is 4.27. The second-order valence-corrected chi connectivity index (χ2v) is 4.86. The van der Waals surface area contributed by atoms with Crippen LogP contribution < -0.4 is 0 Å². The van der Waals surface area contributed by atoms with E-state index in [-0.39, 0.29) is 0 Å². The van der Waals surface area contributed by atoms with Crippen molar-refractivity contribution in [3.63, 3.8) is 0 Å². The number of nitriles is 1. The molecule has 0 atom stereocenters. The number of aryl methyl sites for hydroxylation is 1. The Hall–Kier alpha value is -1.38. The molecule has 1 aromatic carbocycles. The van der Waals surface area contributed by atoms with Gasteiger partial charge >= 0.3 is 0 Å². The average Bonchev–Trinajstić information content (AvgIpc) is 2.65. The van der Waals surface area contributed by atoms with Crippen LogP contribution in [0, 0.1) is 18.3 Å². The summed E-state index contributed by atoms with van der Waals surface area (Å²) < 4.78 is 4.97. The highest BCUT2D eigenvalue weighted by molar-refractivity contribution is 8.01. The summed E-state index contributed by atoms with van der Waals surface area (Å²) in [6, 6.07) is 9.65. The standard InChI is InChI=1S/C10H7N3S2/c1-7-12-10(15-13-7)14-9-5-3-2-4-8(9)6-11/h2-5H,1H3. The number of rotatable bonds is 2. The van der Waals surface area contributed by atoms with Gasteiger partial charge in [-0.3, -0.25) is 0 Å². The predicted octanol–water partition coefficient (Wildman–Crippen LogP) is 2.87. The van der Waals surface area contributed by atoms with Gasteiger partial charge in [0.2, 0.25) is 0 Å². The molecule has 2 aromatic rings. The number of hydrogen-bond acceptors (Lipinski definition) is 5. The Bertz CT molecular complexity index is 513. The van der Waals surface area contributed by atoms with Gasteiger partial charge in [-0.05, 0) is 30.6 Å². The maximum Gasteiger partial charge on any atom is 0.174 e. The van der Waals surface area contributed by atoms with Gasteiger partial charge in [0.15, 0.2) is 4.34 Å². The summed E-state index contributed by atoms with van der Waals surface area (Å²) in [6.45, 7) is 1.86. The summed E-state index contributed by atoms with van der Waals surface area (Å²) in [5.74, 6) is 0.775. The summed E-state index contributed by atoms with van der Waals surface area (Å²) in [5.41, 5.74) is 0.676. The Morgan fingerprint density at radius 3 is 2.87 bits per heavy atom. The third-order valence-electron chi connectivity index (χ3n) is 1.71. The third-order valence-corrected chi connectivity index (χ3v) is 3.63. The Kier molecular flexibility index (Phi) is 2.99. The lowest BCUT2D eigenvalue weighted by atomic mass is 10.2. The van der Waals surface area contributed by atoms with Crippen molar-refractivity contribution >= 4 is 23.3 Å². The molecule has 0 saturated heterocycles. The van der Waals surface area contributed by atoms with E-state index in [1.54, 1.807) is 6.07 Å². The van der Waals surface area contributed by atoms with Crippen LogP contribution in [0.2, 0.25) is 0 Å². The molecule has 0 aliphatic carbocycles. The molecule has 0 amide bonds. The minimum absolute atomic E-state index is 0.676. The Balaban J connectivity index is 2.28. The van der Waals surface area contributed by atoms with E-state index in [4.69, 9.17) is 5.26 Å². The third kappa shape index (κ3) is 2.35. The fourth-order valence-corrected chi connectivity index (χ4v) is 2.75. The second-order valence-electron chi connectivity index (χ2n) is 2.82. The molecule has 1 heterocycles. The molecule has 0 fully saturated rings. The van der Waals surface area contributed by atoms with Crippen molar-refractivity contribution in [1.29, 1.82) is 5.26 Å². The molecule has 1 aromatic heterocycles. The molecule has 74 valence electrons. The van der Waals surface area contributed by atoms with Crippen LogP contribution in [0.1, 0.15) is 11.4 Å². The first-order chi connectivity index (χ1) is 7.29. The van der Waals surface area contributed by atoms with E-state index in [0.29, 0.717) is 5.56 Å². The van der Waals surface area contributed by atoms with E-state index < -0.39 is 0 Å². The molecular formula is C10H7N3S2. The summed E-state index contributed by atoms with van der Waals surface area (Å²) in [4.78, 5) is 5.17. The first-order valence-corrected chi connectivity index (χ1v) is 5.86. The van der Waals surface area contributed by atoms with Crippen molar-refractivity contribution in [3.05, 3.63) is 35.7 Å². The summed E-state index contributed by atoms with van der Waals surface area (Å²) in [5, 5.41) is 8.91. The summed E-state index contributed by atoms with van der Waals surface area (Å²) >= 11 is 2.84. The summed E-state index contributed by atoms with van der Waals surface area (Å²) in [6.07, 6.45) is 0. The van der Waals surface area contributed by atoms with E-state index >= 15 is 0 Å². The quantitative estimate of drug-likeness (QED) is 0.800. The Morgan fingerprint density at radius 2 is 2.20 bits per heavy atom. The Labute approximate surface area is 96.0 Å². The molecule has 2 rings (SSSR count). The van der Waals surface area contributed by atoms with Gasteiger partial charge in [-0.25, -0.2) is 4.98 Å². The fourth-order valence-electron chi connectivity index (χ4n) is 1.06. The molecule has 0 N–H and O–H groups in total. The average molecular weight is 233 g/mol. The highest BCUT2D eigenvalue weighted by Gasteiger charge is 2.06. The van der Waals surface area contributed by atoms with Gasteiger partial charge in [-0.15, -0.1) is 0 Å². The Morgan fingerprint density at radius 1 is 1.40 bits per heavy atom. The molecule has 3 nitrogen and oxygen atoms in total. The molecule has 0 saturated carbocycles. The molecule has 0 radical (unpaired) electrons. The fraction of sp³-hybridized carbons (Fsp3) is 0.100. The van der Waals surface area contributed by atoms with Gasteiger partial charge in [0.05, 0.1) is 5.56 Å². The largest absolute Gasteiger partial charge is 0.213 e. The normalized spacial score (nSPS) is 9.87. The summed E-state index contributed by atoms with van der Waals surface area (Å²) in [7, 11) is 0. The zero-order valence-electron chi connectivity index (χ0n) is 7.97. The first kappa shape index (κ1) is 10.1. The maximum atomic E-state index is 8.91. The topological polar surface area (TPSA) is 49.6 Å². The monoisotopic (exact) mass is 233 g/mol. The SMILES string of the molecule is Cc1nsc(Sc2ccccc2C#N)n1. The zero-order valence-corrected chi connectivity index (χ0v) is 9.60. The second kappa shape index (κ2) is 4.43. The van der Waals surface area contributed by atoms with Crippen molar-refractivity contribution < 1.29 is 0 Å². The maximum absolute atomic E-state index is 8.91. The van der Waals surface area contributed by atoms with Crippen molar-refractivity contribution in [2.24, 2.45) is 0 Å². The van der Waals surface area contributed by atoms with E-state index in [0.717, 1.165) is 15.1 Å². The van der Waals surface area contributed by atoms with Crippen molar-refractivity contribution in [2.45, 2.75) is 16.2 Å². The van der Waals surface area contributed by atoms with Crippen LogP contribution in [0.3, 0.4) is 0 Å². The molecule has 5 heteroatoms. The molecule has 0 unspecified atom stereocenters. The molecule has 0 aliphatic rings. The van der Waals surface area contributed by atoms with Gasteiger partial charge in [-0.2, -0.15) is 9.64 Å². The van der Waals surface area contributed by atoms with Gasteiger partial charge in [0.25, 0.3) is 0 Å². The highest BCUT2D eigenvalue weighted by atomic mass is 32.2. The highest BCUT2D eigenvalue weighted by Crippen LogP contribution is 2.30. The van der Waals surface area contributed by atoms with Crippen LogP contribution in [0.4, 0.5) is 0 Å². The number of aromatic nitrogens is 2. The number of hydrogen-bond donors (Lipinski definition) is 0. The van der Waals surface area contributed by atoms with Crippen molar-refractivity contribution in [2.75, 3.05) is 0 Å². The van der Waals surface area contributed by atoms with Gasteiger partial charge in [0, 0.05) is 4.90 Å². The van der Waals surface area contributed by atoms with Crippen molar-refractivity contribution in [1.82, 2.24) is 9.36 Å². The minimum Gasteiger partial charge on any atom is -0.213 e. The molecule has 0 bridgehead atoms. The van der Waals surface area contributed by atoms with Crippen LogP contribution in [0.15, 0.2) is 33.5 Å². The molecule has 0 aliphatic heterocycles. The predicted molar refractivity (Wildman–Crippen MR) is 59.9 cm³/mol. The van der Waals surface area contributed by atoms with Gasteiger partial charge < -0.3 is 0 Å². The van der Waals surface area contributed by atoms with Crippen LogP contribution in [0.25, 0.3) is 0 Å². The number of nitrogens with zero attached hydrogens (tertiary/aromatic N) is 3. The molecule has 15 heavy (non-hydrogen) atoms. The van der Waals surface area contributed by atoms with Crippen LogP contribution in [-0.2, 0) is 0 Å². The lowest BCUT2D eigenvalue weighted by Crippen LogP contribution is -1.79. The lowest BCUT2D eigenvalue weighted by molar-refractivity contribution is 1.10. The van der Waals surface area contributed by atoms with Gasteiger partial charge in [-0.1, -0.05) is 23.9 Å². The van der Waals surface area contributed by atoms with Gasteiger partial charge in [0.1, 0.15) is 11.9 Å². The number of benzene rings is 1. The lowest BCUT2D eigenvalue weighted by Gasteiger charge is -1.98. The smallest absolute Gasteiger partial charge is 0.174 e. The van der Waals surface area contributed by atoms with E-state index in [1.807, 2.05) is 25.1 Å². The van der Waals surface area contributed by atoms with Crippen LogP contribution in [-0.4, -0.2) is 9.36 Å². The van der Waals surface area contributed by atoms with Crippen molar-refractivity contribution in [3.8, 4) is 6.07 Å². The molecular weight excluding hydrogens is 226 g/mol. The van der Waals surface area contributed by atoms with E-state index in [9.17, 15) is 0 Å². The minimum atomic E-state index is 0.676. The van der Waals surface area contributed by atoms with E-state index in [1.165, 1.54) is 23.3 Å². The van der Waals surface area contributed by atoms with Crippen LogP contribution in [0.5, 0.6) is 0 Å². The van der Waals surface area contributed by atoms with Crippen LogP contribution >= 0.6 is 23.3 Å². The zero-order chi connectivity index (χ0) is 10.7.